The number of nitrogens with one attached hydrogen (secondary N) is 3. The van der Waals surface area contributed by atoms with Crippen molar-refractivity contribution in [2.75, 3.05) is 17.2 Å². The molecule has 0 aliphatic carbocycles. The Hall–Kier alpha value is -3.28. The zero-order valence-electron chi connectivity index (χ0n) is 14.2. The summed E-state index contributed by atoms with van der Waals surface area (Å²) in [5, 5.41) is 13.4. The van der Waals surface area contributed by atoms with Gasteiger partial charge in [0, 0.05) is 11.1 Å². The van der Waals surface area contributed by atoms with Gasteiger partial charge < -0.3 is 10.1 Å². The smallest absolute Gasteiger partial charge is 0.324 e. The number of urea groups is 1. The highest BCUT2D eigenvalue weighted by molar-refractivity contribution is 6.05. The third-order valence-electron chi connectivity index (χ3n) is 3.76. The maximum absolute atomic E-state index is 12.3. The van der Waals surface area contributed by atoms with Gasteiger partial charge in [0.1, 0.15) is 12.4 Å². The summed E-state index contributed by atoms with van der Waals surface area (Å²) in [5.41, 5.74) is 3.72. The van der Waals surface area contributed by atoms with Crippen LogP contribution >= 0.6 is 0 Å². The number of aryl methyl sites for hydroxylation is 2. The Morgan fingerprint density at radius 3 is 2.84 bits per heavy atom. The van der Waals surface area contributed by atoms with Crippen LogP contribution in [-0.2, 0) is 0 Å². The minimum Gasteiger partial charge on any atom is -0.490 e. The normalized spacial score (nSPS) is 10.5. The van der Waals surface area contributed by atoms with E-state index in [0.717, 1.165) is 27.7 Å². The molecule has 128 valence electrons. The van der Waals surface area contributed by atoms with Crippen LogP contribution in [0.2, 0.25) is 0 Å². The van der Waals surface area contributed by atoms with Gasteiger partial charge >= 0.3 is 6.03 Å². The molecule has 2 aromatic carbocycles. The lowest BCUT2D eigenvalue weighted by Gasteiger charge is -2.09. The standard InChI is InChI=1S/C19H20N4O2/c1-4-9-25-14-6-8-17-15(11-14)18(23-22-17)21-19(24)20-16-7-5-12(2)10-13(16)3/h4-8,10-11H,1,9H2,2-3H3,(H3,20,21,22,23,24). The van der Waals surface area contributed by atoms with E-state index >= 15 is 0 Å². The number of aromatic nitrogens is 2. The molecule has 0 radical (unpaired) electrons. The van der Waals surface area contributed by atoms with Gasteiger partial charge in [-0.15, -0.1) is 0 Å². The van der Waals surface area contributed by atoms with Crippen LogP contribution in [-0.4, -0.2) is 22.8 Å². The van der Waals surface area contributed by atoms with Crippen molar-refractivity contribution in [3.05, 3.63) is 60.2 Å². The fourth-order valence-corrected chi connectivity index (χ4v) is 2.55. The highest BCUT2D eigenvalue weighted by atomic mass is 16.5. The van der Waals surface area contributed by atoms with E-state index in [0.29, 0.717) is 18.2 Å². The first-order chi connectivity index (χ1) is 12.1. The second kappa shape index (κ2) is 7.09. The highest BCUT2D eigenvalue weighted by Gasteiger charge is 2.11. The summed E-state index contributed by atoms with van der Waals surface area (Å²) in [6.07, 6.45) is 1.68. The molecule has 0 unspecified atom stereocenters. The molecule has 2 amide bonds. The number of hydrogen-bond acceptors (Lipinski definition) is 3. The molecule has 6 heteroatoms. The number of fused-ring (bicyclic) bond motifs is 1. The van der Waals surface area contributed by atoms with E-state index in [9.17, 15) is 4.79 Å². The maximum Gasteiger partial charge on any atom is 0.324 e. The van der Waals surface area contributed by atoms with Crippen molar-refractivity contribution in [3.8, 4) is 5.75 Å². The first kappa shape index (κ1) is 16.6. The van der Waals surface area contributed by atoms with E-state index in [1.54, 1.807) is 6.08 Å². The minimum absolute atomic E-state index is 0.349. The summed E-state index contributed by atoms with van der Waals surface area (Å²) in [7, 11) is 0. The van der Waals surface area contributed by atoms with Crippen LogP contribution in [0, 0.1) is 13.8 Å². The minimum atomic E-state index is -0.349. The van der Waals surface area contributed by atoms with Crippen LogP contribution in [0.5, 0.6) is 5.75 Å². The van der Waals surface area contributed by atoms with Gasteiger partial charge in [0.15, 0.2) is 5.82 Å². The summed E-state index contributed by atoms with van der Waals surface area (Å²) < 4.78 is 5.53. The zero-order valence-corrected chi connectivity index (χ0v) is 14.2. The molecule has 0 saturated heterocycles. The number of hydrogen-bond donors (Lipinski definition) is 3. The lowest BCUT2D eigenvalue weighted by Crippen LogP contribution is -2.20. The number of nitrogens with zero attached hydrogens (tertiary/aromatic N) is 1. The lowest BCUT2D eigenvalue weighted by molar-refractivity contribution is 0.262. The third-order valence-corrected chi connectivity index (χ3v) is 3.76. The molecule has 0 saturated carbocycles. The Morgan fingerprint density at radius 2 is 2.08 bits per heavy atom. The van der Waals surface area contributed by atoms with Gasteiger partial charge in [0.05, 0.1) is 5.52 Å². The van der Waals surface area contributed by atoms with Gasteiger partial charge in [0.25, 0.3) is 0 Å². The molecular formula is C19H20N4O2. The lowest BCUT2D eigenvalue weighted by atomic mass is 10.1. The molecule has 0 fully saturated rings. The fourth-order valence-electron chi connectivity index (χ4n) is 2.55. The molecule has 6 nitrogen and oxygen atoms in total. The van der Waals surface area contributed by atoms with E-state index in [1.807, 2.05) is 50.2 Å². The van der Waals surface area contributed by atoms with Crippen LogP contribution in [0.1, 0.15) is 11.1 Å². The number of aromatic amines is 1. The summed E-state index contributed by atoms with van der Waals surface area (Å²) in [5.74, 6) is 1.13. The van der Waals surface area contributed by atoms with E-state index in [-0.39, 0.29) is 6.03 Å². The molecule has 0 aliphatic heterocycles. The zero-order chi connectivity index (χ0) is 17.8. The van der Waals surface area contributed by atoms with Gasteiger partial charge in [-0.25, -0.2) is 4.79 Å². The molecule has 25 heavy (non-hydrogen) atoms. The van der Waals surface area contributed by atoms with Crippen LogP contribution < -0.4 is 15.4 Å². The van der Waals surface area contributed by atoms with Gasteiger partial charge in [-0.1, -0.05) is 30.4 Å². The molecule has 0 aliphatic rings. The largest absolute Gasteiger partial charge is 0.490 e. The summed E-state index contributed by atoms with van der Waals surface area (Å²) in [6, 6.07) is 11.0. The number of amides is 2. The van der Waals surface area contributed by atoms with Crippen LogP contribution in [0.4, 0.5) is 16.3 Å². The van der Waals surface area contributed by atoms with Crippen molar-refractivity contribution < 1.29 is 9.53 Å². The Kier molecular flexibility index (Phi) is 4.70. The summed E-state index contributed by atoms with van der Waals surface area (Å²) in [4.78, 5) is 12.3. The van der Waals surface area contributed by atoms with E-state index in [4.69, 9.17) is 4.74 Å². The average Bonchev–Trinajstić information content (AvgIpc) is 2.98. The first-order valence-electron chi connectivity index (χ1n) is 7.94. The van der Waals surface area contributed by atoms with Gasteiger partial charge in [-0.2, -0.15) is 5.10 Å². The van der Waals surface area contributed by atoms with E-state index < -0.39 is 0 Å². The molecule has 3 aromatic rings. The monoisotopic (exact) mass is 336 g/mol. The molecular weight excluding hydrogens is 316 g/mol. The number of anilines is 2. The Labute approximate surface area is 145 Å². The number of carbonyl (C=O) groups is 1. The van der Waals surface area contributed by atoms with Gasteiger partial charge in [-0.05, 0) is 43.7 Å². The fraction of sp³-hybridized carbons (Fsp3) is 0.158. The van der Waals surface area contributed by atoms with Crippen molar-refractivity contribution in [2.24, 2.45) is 0 Å². The van der Waals surface area contributed by atoms with Crippen molar-refractivity contribution in [2.45, 2.75) is 13.8 Å². The van der Waals surface area contributed by atoms with Crippen molar-refractivity contribution in [3.63, 3.8) is 0 Å². The van der Waals surface area contributed by atoms with Gasteiger partial charge in [0.2, 0.25) is 0 Å². The second-order valence-electron chi connectivity index (χ2n) is 5.78. The predicted octanol–water partition coefficient (Wildman–Crippen LogP) is 4.39. The van der Waals surface area contributed by atoms with Crippen LogP contribution in [0.15, 0.2) is 49.1 Å². The Balaban J connectivity index is 1.77. The molecule has 0 bridgehead atoms. The highest BCUT2D eigenvalue weighted by Crippen LogP contribution is 2.25. The number of rotatable bonds is 5. The second-order valence-corrected chi connectivity index (χ2v) is 5.78. The number of ether oxygens (including phenoxy) is 1. The molecule has 3 rings (SSSR count). The number of benzene rings is 2. The molecule has 0 spiro atoms. The first-order valence-corrected chi connectivity index (χ1v) is 7.94. The van der Waals surface area contributed by atoms with Crippen molar-refractivity contribution >= 4 is 28.4 Å². The maximum atomic E-state index is 12.3. The SMILES string of the molecule is C=CCOc1ccc2[nH]nc(NC(=O)Nc3ccc(C)cc3C)c2c1. The van der Waals surface area contributed by atoms with Crippen molar-refractivity contribution in [1.29, 1.82) is 0 Å². The quantitative estimate of drug-likeness (QED) is 0.605. The number of carbonyl (C=O) groups excluding carboxylic acids is 1. The van der Waals surface area contributed by atoms with E-state index in [1.165, 1.54) is 0 Å². The molecule has 1 aromatic heterocycles. The topological polar surface area (TPSA) is 79.0 Å². The Morgan fingerprint density at radius 1 is 1.24 bits per heavy atom. The average molecular weight is 336 g/mol. The summed E-state index contributed by atoms with van der Waals surface area (Å²) >= 11 is 0. The van der Waals surface area contributed by atoms with Crippen LogP contribution in [0.3, 0.4) is 0 Å². The molecule has 3 N–H and O–H groups in total. The van der Waals surface area contributed by atoms with E-state index in [2.05, 4.69) is 27.4 Å². The Bertz CT molecular complexity index is 930. The summed E-state index contributed by atoms with van der Waals surface area (Å²) in [6.45, 7) is 8.01. The molecule has 0 atom stereocenters. The van der Waals surface area contributed by atoms with Crippen LogP contribution in [0.25, 0.3) is 10.9 Å². The third kappa shape index (κ3) is 3.80. The molecule has 1 heterocycles. The predicted molar refractivity (Wildman–Crippen MR) is 100 cm³/mol. The van der Waals surface area contributed by atoms with Gasteiger partial charge in [-0.3, -0.25) is 10.4 Å². The van der Waals surface area contributed by atoms with Crippen molar-refractivity contribution in [1.82, 2.24) is 10.2 Å². The number of H-pyrrole nitrogens is 1.